The molecule has 3 rings (SSSR count). The molecule has 3 N–H and O–H groups in total. The number of aromatic hydroxyl groups is 1. The van der Waals surface area contributed by atoms with Gasteiger partial charge in [0.15, 0.2) is 5.82 Å². The molecule has 0 radical (unpaired) electrons. The van der Waals surface area contributed by atoms with Crippen LogP contribution in [0.1, 0.15) is 5.56 Å². The Kier molecular flexibility index (Phi) is 5.85. The second-order valence-electron chi connectivity index (χ2n) is 5.54. The van der Waals surface area contributed by atoms with Gasteiger partial charge in [0.25, 0.3) is 0 Å². The Balaban J connectivity index is 1.89. The highest BCUT2D eigenvalue weighted by Crippen LogP contribution is 2.31. The second-order valence-corrected chi connectivity index (χ2v) is 6.55. The number of aromatic amines is 1. The molecule has 3 aromatic rings. The third-order valence-electron chi connectivity index (χ3n) is 3.73. The number of para-hydroxylation sites is 1. The molecule has 0 unspecified atom stereocenters. The molecule has 0 aliphatic carbocycles. The zero-order chi connectivity index (χ0) is 20.1. The third-order valence-corrected chi connectivity index (χ3v) is 4.60. The highest BCUT2D eigenvalue weighted by Gasteiger charge is 2.16. The van der Waals surface area contributed by atoms with Crippen molar-refractivity contribution in [3.05, 3.63) is 52.9 Å². The Bertz CT molecular complexity index is 1010. The number of aliphatic carboxylic acids is 1. The van der Waals surface area contributed by atoms with Crippen molar-refractivity contribution in [1.82, 2.24) is 15.2 Å². The highest BCUT2D eigenvalue weighted by molar-refractivity contribution is 8.04. The summed E-state index contributed by atoms with van der Waals surface area (Å²) < 4.78 is 10.5. The Labute approximate surface area is 164 Å². The Hall–Kier alpha value is -3.46. The molecule has 1 aromatic heterocycles. The quantitative estimate of drug-likeness (QED) is 0.409. The van der Waals surface area contributed by atoms with E-state index in [1.807, 2.05) is 0 Å². The lowest BCUT2D eigenvalue weighted by molar-refractivity contribution is -0.131. The first-order chi connectivity index (χ1) is 13.5. The maximum atomic E-state index is 11.6. The predicted molar refractivity (Wildman–Crippen MR) is 104 cm³/mol. The lowest BCUT2D eigenvalue weighted by atomic mass is 10.2. The summed E-state index contributed by atoms with van der Waals surface area (Å²) in [5.41, 5.74) is 1.07. The fourth-order valence-corrected chi connectivity index (χ4v) is 3.05. The molecule has 0 spiro atoms. The average Bonchev–Trinajstić information content (AvgIpc) is 3.17. The van der Waals surface area contributed by atoms with Crippen LogP contribution in [0.5, 0.6) is 17.2 Å². The molecule has 9 heteroatoms. The first-order valence-electron chi connectivity index (χ1n) is 8.07. The maximum Gasteiger partial charge on any atom is 0.342 e. The van der Waals surface area contributed by atoms with Crippen molar-refractivity contribution in [1.29, 1.82) is 0 Å². The van der Waals surface area contributed by atoms with Gasteiger partial charge in [-0.15, -0.1) is 5.10 Å². The molecule has 0 aliphatic rings. The minimum atomic E-state index is -1.15. The van der Waals surface area contributed by atoms with Gasteiger partial charge in [-0.25, -0.2) is 9.78 Å². The van der Waals surface area contributed by atoms with Crippen LogP contribution in [0.25, 0.3) is 17.5 Å². The van der Waals surface area contributed by atoms with Crippen LogP contribution in [0.4, 0.5) is 0 Å². The SMILES string of the molecule is COc1cc(OC)cc(-c2nc(S/C(=C\c3ccccc3O)C(=O)O)n[nH]2)c1. The van der Waals surface area contributed by atoms with Crippen molar-refractivity contribution in [2.45, 2.75) is 5.16 Å². The van der Waals surface area contributed by atoms with Crippen molar-refractivity contribution in [2.24, 2.45) is 0 Å². The van der Waals surface area contributed by atoms with Crippen LogP contribution in [-0.4, -0.2) is 45.6 Å². The summed E-state index contributed by atoms with van der Waals surface area (Å²) in [4.78, 5) is 15.9. The number of thioether (sulfide) groups is 1. The lowest BCUT2D eigenvalue weighted by Crippen LogP contribution is -1.97. The van der Waals surface area contributed by atoms with E-state index in [-0.39, 0.29) is 15.8 Å². The number of hydrogen-bond acceptors (Lipinski definition) is 7. The zero-order valence-electron chi connectivity index (χ0n) is 15.0. The van der Waals surface area contributed by atoms with Crippen molar-refractivity contribution >= 4 is 23.8 Å². The summed E-state index contributed by atoms with van der Waals surface area (Å²) in [6.45, 7) is 0. The maximum absolute atomic E-state index is 11.6. The van der Waals surface area contributed by atoms with Crippen molar-refractivity contribution in [3.63, 3.8) is 0 Å². The molecule has 8 nitrogen and oxygen atoms in total. The number of carbonyl (C=O) groups is 1. The number of hydrogen-bond donors (Lipinski definition) is 3. The number of benzene rings is 2. The van der Waals surface area contributed by atoms with Crippen LogP contribution in [0.2, 0.25) is 0 Å². The van der Waals surface area contributed by atoms with E-state index >= 15 is 0 Å². The summed E-state index contributed by atoms with van der Waals surface area (Å²) in [6, 6.07) is 11.7. The van der Waals surface area contributed by atoms with Gasteiger partial charge in [-0.05, 0) is 36.0 Å². The summed E-state index contributed by atoms with van der Waals surface area (Å²) >= 11 is 0.870. The average molecular weight is 399 g/mol. The van der Waals surface area contributed by atoms with E-state index < -0.39 is 5.97 Å². The van der Waals surface area contributed by atoms with Gasteiger partial charge < -0.3 is 19.7 Å². The van der Waals surface area contributed by atoms with Gasteiger partial charge in [0.05, 0.1) is 14.2 Å². The van der Waals surface area contributed by atoms with Crippen LogP contribution < -0.4 is 9.47 Å². The second kappa shape index (κ2) is 8.49. The zero-order valence-corrected chi connectivity index (χ0v) is 15.9. The molecule has 28 heavy (non-hydrogen) atoms. The molecule has 2 aromatic carbocycles. The van der Waals surface area contributed by atoms with E-state index in [4.69, 9.17) is 9.47 Å². The van der Waals surface area contributed by atoms with Gasteiger partial charge in [0.2, 0.25) is 5.16 Å². The monoisotopic (exact) mass is 399 g/mol. The number of nitrogens with zero attached hydrogens (tertiary/aromatic N) is 2. The number of methoxy groups -OCH3 is 2. The van der Waals surface area contributed by atoms with Gasteiger partial charge in [-0.2, -0.15) is 0 Å². The van der Waals surface area contributed by atoms with Crippen LogP contribution >= 0.6 is 11.8 Å². The Morgan fingerprint density at radius 3 is 2.43 bits per heavy atom. The third kappa shape index (κ3) is 4.44. The number of aromatic nitrogens is 3. The Morgan fingerprint density at radius 1 is 1.14 bits per heavy atom. The summed E-state index contributed by atoms with van der Waals surface area (Å²) in [5.74, 6) is 0.451. The molecule has 0 bridgehead atoms. The molecule has 1 heterocycles. The van der Waals surface area contributed by atoms with E-state index in [9.17, 15) is 15.0 Å². The minimum absolute atomic E-state index is 0.0130. The summed E-state index contributed by atoms with van der Waals surface area (Å²) in [5, 5.41) is 26.4. The van der Waals surface area contributed by atoms with Crippen molar-refractivity contribution in [3.8, 4) is 28.6 Å². The topological polar surface area (TPSA) is 118 Å². The van der Waals surface area contributed by atoms with Crippen LogP contribution in [0, 0.1) is 0 Å². The number of ether oxygens (including phenoxy) is 2. The number of carboxylic acid groups (broad SMARTS) is 1. The molecule has 0 fully saturated rings. The first kappa shape index (κ1) is 19.3. The van der Waals surface area contributed by atoms with E-state index in [0.717, 1.165) is 11.8 Å². The van der Waals surface area contributed by atoms with E-state index in [2.05, 4.69) is 15.2 Å². The molecular formula is C19H17N3O5S. The molecule has 144 valence electrons. The number of carboxylic acids is 1. The number of rotatable bonds is 7. The smallest absolute Gasteiger partial charge is 0.342 e. The van der Waals surface area contributed by atoms with Crippen LogP contribution in [-0.2, 0) is 4.79 Å². The molecular weight excluding hydrogens is 382 g/mol. The number of phenols is 1. The number of nitrogens with one attached hydrogen (secondary N) is 1. The minimum Gasteiger partial charge on any atom is -0.507 e. The fraction of sp³-hybridized carbons (Fsp3) is 0.105. The predicted octanol–water partition coefficient (Wildman–Crippen LogP) is 3.41. The van der Waals surface area contributed by atoms with Gasteiger partial charge in [0.1, 0.15) is 22.2 Å². The highest BCUT2D eigenvalue weighted by atomic mass is 32.2. The van der Waals surface area contributed by atoms with Crippen molar-refractivity contribution < 1.29 is 24.5 Å². The molecule has 0 saturated carbocycles. The normalized spacial score (nSPS) is 11.3. The van der Waals surface area contributed by atoms with Gasteiger partial charge in [-0.3, -0.25) is 5.10 Å². The molecule has 0 atom stereocenters. The summed E-state index contributed by atoms with van der Waals surface area (Å²) in [6.07, 6.45) is 1.37. The van der Waals surface area contributed by atoms with E-state index in [0.29, 0.717) is 28.5 Å². The fourth-order valence-electron chi connectivity index (χ4n) is 2.35. The molecule has 0 amide bonds. The van der Waals surface area contributed by atoms with Crippen LogP contribution in [0.3, 0.4) is 0 Å². The number of H-pyrrole nitrogens is 1. The van der Waals surface area contributed by atoms with E-state index in [1.165, 1.54) is 12.1 Å². The largest absolute Gasteiger partial charge is 0.507 e. The van der Waals surface area contributed by atoms with Gasteiger partial charge in [0, 0.05) is 17.2 Å². The van der Waals surface area contributed by atoms with Crippen molar-refractivity contribution in [2.75, 3.05) is 14.2 Å². The van der Waals surface area contributed by atoms with Gasteiger partial charge in [-0.1, -0.05) is 18.2 Å². The first-order valence-corrected chi connectivity index (χ1v) is 8.88. The molecule has 0 saturated heterocycles. The standard InChI is InChI=1S/C19H17N3O5S/c1-26-13-7-12(8-14(10-13)27-2)17-20-19(22-21-17)28-16(18(24)25)9-11-5-3-4-6-15(11)23/h3-10,23H,1-2H3,(H,24,25)(H,20,21,22)/b16-9-. The Morgan fingerprint density at radius 2 is 1.82 bits per heavy atom. The van der Waals surface area contributed by atoms with Gasteiger partial charge >= 0.3 is 5.97 Å². The van der Waals surface area contributed by atoms with E-state index in [1.54, 1.807) is 50.6 Å². The number of phenolic OH excluding ortho intramolecular Hbond substituents is 1. The van der Waals surface area contributed by atoms with Crippen LogP contribution in [0.15, 0.2) is 52.5 Å². The summed E-state index contributed by atoms with van der Waals surface area (Å²) in [7, 11) is 3.09. The lowest BCUT2D eigenvalue weighted by Gasteiger charge is -2.06. The molecule has 0 aliphatic heterocycles.